The predicted octanol–water partition coefficient (Wildman–Crippen LogP) is 5.30. The molecule has 0 bridgehead atoms. The van der Waals surface area contributed by atoms with E-state index in [9.17, 15) is 14.4 Å². The van der Waals surface area contributed by atoms with E-state index in [2.05, 4.69) is 5.32 Å². The lowest BCUT2D eigenvalue weighted by Gasteiger charge is -2.33. The molecule has 0 aliphatic heterocycles. The summed E-state index contributed by atoms with van der Waals surface area (Å²) in [7, 11) is 2.94. The van der Waals surface area contributed by atoms with Gasteiger partial charge in [-0.2, -0.15) is 0 Å². The third kappa shape index (κ3) is 7.01. The molecule has 1 atom stereocenters. The summed E-state index contributed by atoms with van der Waals surface area (Å²) in [6, 6.07) is 17.3. The minimum atomic E-state index is -0.863. The van der Waals surface area contributed by atoms with Gasteiger partial charge >= 0.3 is 5.97 Å². The van der Waals surface area contributed by atoms with E-state index in [1.807, 2.05) is 41.8 Å². The second kappa shape index (κ2) is 13.2. The van der Waals surface area contributed by atoms with Crippen molar-refractivity contribution in [3.05, 3.63) is 87.6 Å². The fourth-order valence-electron chi connectivity index (χ4n) is 4.83. The molecular weight excluding hydrogens is 500 g/mol. The summed E-state index contributed by atoms with van der Waals surface area (Å²) in [5.74, 6) is -0.0984. The monoisotopic (exact) mass is 534 g/mol. The quantitative estimate of drug-likeness (QED) is 0.357. The SMILES string of the molecule is COC(=O)c1ccc([C@@H](C(=O)NC2CCCCC2)N(Cc2ccc(OC)cc2)C(=O)Cc2cccs2)cc1. The number of hydrogen-bond acceptors (Lipinski definition) is 6. The van der Waals surface area contributed by atoms with Crippen LogP contribution in [-0.2, 0) is 27.3 Å². The number of esters is 1. The lowest BCUT2D eigenvalue weighted by molar-refractivity contribution is -0.141. The molecule has 1 aromatic heterocycles. The third-order valence-electron chi connectivity index (χ3n) is 6.90. The highest BCUT2D eigenvalue weighted by Crippen LogP contribution is 2.28. The maximum atomic E-state index is 13.9. The van der Waals surface area contributed by atoms with E-state index < -0.39 is 12.0 Å². The van der Waals surface area contributed by atoms with Crippen LogP contribution in [0.4, 0.5) is 0 Å². The van der Waals surface area contributed by atoms with E-state index >= 15 is 0 Å². The van der Waals surface area contributed by atoms with Crippen LogP contribution in [0.25, 0.3) is 0 Å². The van der Waals surface area contributed by atoms with E-state index in [0.717, 1.165) is 41.9 Å². The summed E-state index contributed by atoms with van der Waals surface area (Å²) in [6.07, 6.45) is 5.39. The van der Waals surface area contributed by atoms with Crippen LogP contribution in [0.15, 0.2) is 66.0 Å². The molecule has 2 amide bonds. The second-order valence-corrected chi connectivity index (χ2v) is 10.5. The van der Waals surface area contributed by atoms with Gasteiger partial charge in [-0.05, 0) is 59.7 Å². The van der Waals surface area contributed by atoms with Crippen molar-refractivity contribution in [2.24, 2.45) is 0 Å². The molecule has 1 aliphatic carbocycles. The molecular formula is C30H34N2O5S. The van der Waals surface area contributed by atoms with Gasteiger partial charge in [0.25, 0.3) is 0 Å². The Kier molecular flexibility index (Phi) is 9.54. The molecule has 1 heterocycles. The van der Waals surface area contributed by atoms with Crippen molar-refractivity contribution in [1.29, 1.82) is 0 Å². The summed E-state index contributed by atoms with van der Waals surface area (Å²) in [5.41, 5.74) is 1.90. The average molecular weight is 535 g/mol. The van der Waals surface area contributed by atoms with Crippen molar-refractivity contribution in [2.75, 3.05) is 14.2 Å². The molecule has 1 aliphatic rings. The van der Waals surface area contributed by atoms with E-state index in [0.29, 0.717) is 11.1 Å². The number of carbonyl (C=O) groups excluding carboxylic acids is 3. The van der Waals surface area contributed by atoms with E-state index in [1.54, 1.807) is 36.3 Å². The number of nitrogens with zero attached hydrogens (tertiary/aromatic N) is 1. The van der Waals surface area contributed by atoms with Gasteiger partial charge in [-0.1, -0.05) is 49.6 Å². The molecule has 7 nitrogen and oxygen atoms in total. The second-order valence-electron chi connectivity index (χ2n) is 9.49. The number of benzene rings is 2. The van der Waals surface area contributed by atoms with Crippen LogP contribution >= 0.6 is 11.3 Å². The van der Waals surface area contributed by atoms with Crippen molar-refractivity contribution in [2.45, 2.75) is 57.2 Å². The van der Waals surface area contributed by atoms with Gasteiger partial charge in [-0.15, -0.1) is 11.3 Å². The van der Waals surface area contributed by atoms with Crippen LogP contribution in [0.3, 0.4) is 0 Å². The Morgan fingerprint density at radius 3 is 2.29 bits per heavy atom. The van der Waals surface area contributed by atoms with E-state index in [1.165, 1.54) is 24.9 Å². The molecule has 0 saturated heterocycles. The molecule has 0 unspecified atom stereocenters. The highest BCUT2D eigenvalue weighted by molar-refractivity contribution is 7.10. The number of thiophene rings is 1. The number of rotatable bonds is 10. The number of ether oxygens (including phenoxy) is 2. The Balaban J connectivity index is 1.70. The van der Waals surface area contributed by atoms with Crippen LogP contribution in [0.5, 0.6) is 5.75 Å². The molecule has 0 radical (unpaired) electrons. The fraction of sp³-hybridized carbons (Fsp3) is 0.367. The van der Waals surface area contributed by atoms with Crippen LogP contribution in [0, 0.1) is 0 Å². The Hall–Kier alpha value is -3.65. The summed E-state index contributed by atoms with van der Waals surface area (Å²) in [6.45, 7) is 0.246. The van der Waals surface area contributed by atoms with Gasteiger partial charge in [0.2, 0.25) is 11.8 Å². The third-order valence-corrected chi connectivity index (χ3v) is 7.77. The Morgan fingerprint density at radius 2 is 1.68 bits per heavy atom. The molecule has 0 spiro atoms. The Labute approximate surface area is 227 Å². The predicted molar refractivity (Wildman–Crippen MR) is 147 cm³/mol. The fourth-order valence-corrected chi connectivity index (χ4v) is 5.53. The molecule has 2 aromatic carbocycles. The number of nitrogens with one attached hydrogen (secondary N) is 1. The summed E-state index contributed by atoms with van der Waals surface area (Å²) in [5, 5.41) is 5.16. The van der Waals surface area contributed by atoms with Crippen LogP contribution in [0.2, 0.25) is 0 Å². The van der Waals surface area contributed by atoms with Gasteiger partial charge in [0, 0.05) is 17.5 Å². The van der Waals surface area contributed by atoms with Gasteiger partial charge in [0.1, 0.15) is 11.8 Å². The lowest BCUT2D eigenvalue weighted by atomic mass is 9.94. The average Bonchev–Trinajstić information content (AvgIpc) is 3.46. The topological polar surface area (TPSA) is 84.9 Å². The highest BCUT2D eigenvalue weighted by atomic mass is 32.1. The number of carbonyl (C=O) groups is 3. The van der Waals surface area contributed by atoms with Gasteiger partial charge in [-0.25, -0.2) is 4.79 Å². The minimum absolute atomic E-state index is 0.0864. The standard InChI is InChI=1S/C30H34N2O5S/c1-36-25-16-10-21(11-17-25)20-32(27(33)19-26-9-6-18-38-26)28(29(34)31-24-7-4-3-5-8-24)22-12-14-23(15-13-22)30(35)37-2/h6,9-18,24,28H,3-5,7-8,19-20H2,1-2H3,(H,31,34)/t28-/m0/s1. The number of methoxy groups -OCH3 is 2. The number of hydrogen-bond donors (Lipinski definition) is 1. The maximum Gasteiger partial charge on any atom is 0.337 e. The molecule has 1 saturated carbocycles. The molecule has 1 fully saturated rings. The lowest BCUT2D eigenvalue weighted by Crippen LogP contribution is -2.47. The van der Waals surface area contributed by atoms with Gasteiger partial charge < -0.3 is 19.7 Å². The summed E-state index contributed by atoms with van der Waals surface area (Å²) >= 11 is 1.52. The van der Waals surface area contributed by atoms with Crippen molar-refractivity contribution in [1.82, 2.24) is 10.2 Å². The zero-order valence-corrected chi connectivity index (χ0v) is 22.7. The minimum Gasteiger partial charge on any atom is -0.497 e. The van der Waals surface area contributed by atoms with Crippen molar-refractivity contribution in [3.63, 3.8) is 0 Å². The molecule has 1 N–H and O–H groups in total. The highest BCUT2D eigenvalue weighted by Gasteiger charge is 2.33. The molecule has 8 heteroatoms. The first-order chi connectivity index (χ1) is 18.5. The first-order valence-corrected chi connectivity index (χ1v) is 13.8. The summed E-state index contributed by atoms with van der Waals surface area (Å²) in [4.78, 5) is 42.3. The van der Waals surface area contributed by atoms with Crippen LogP contribution < -0.4 is 10.1 Å². The van der Waals surface area contributed by atoms with E-state index in [-0.39, 0.29) is 30.8 Å². The maximum absolute atomic E-state index is 13.9. The largest absolute Gasteiger partial charge is 0.497 e. The first kappa shape index (κ1) is 27.4. The van der Waals surface area contributed by atoms with Crippen LogP contribution in [0.1, 0.15) is 64.5 Å². The van der Waals surface area contributed by atoms with Gasteiger partial charge in [0.05, 0.1) is 26.2 Å². The van der Waals surface area contributed by atoms with Gasteiger partial charge in [0.15, 0.2) is 0 Å². The Morgan fingerprint density at radius 1 is 0.974 bits per heavy atom. The summed E-state index contributed by atoms with van der Waals surface area (Å²) < 4.78 is 10.1. The van der Waals surface area contributed by atoms with Gasteiger partial charge in [-0.3, -0.25) is 9.59 Å². The van der Waals surface area contributed by atoms with Crippen LogP contribution in [-0.4, -0.2) is 42.9 Å². The van der Waals surface area contributed by atoms with Crippen molar-refractivity contribution < 1.29 is 23.9 Å². The number of amides is 2. The first-order valence-electron chi connectivity index (χ1n) is 12.9. The smallest absolute Gasteiger partial charge is 0.337 e. The van der Waals surface area contributed by atoms with Crippen molar-refractivity contribution in [3.8, 4) is 5.75 Å². The normalized spacial score (nSPS) is 14.4. The zero-order chi connectivity index (χ0) is 26.9. The molecule has 38 heavy (non-hydrogen) atoms. The molecule has 200 valence electrons. The molecule has 4 rings (SSSR count). The Bertz CT molecular complexity index is 1200. The van der Waals surface area contributed by atoms with Crippen molar-refractivity contribution >= 4 is 29.1 Å². The zero-order valence-electron chi connectivity index (χ0n) is 21.9. The van der Waals surface area contributed by atoms with E-state index in [4.69, 9.17) is 9.47 Å². The molecule has 3 aromatic rings.